The van der Waals surface area contributed by atoms with E-state index >= 15 is 0 Å². The summed E-state index contributed by atoms with van der Waals surface area (Å²) >= 11 is 0. The summed E-state index contributed by atoms with van der Waals surface area (Å²) in [5.74, 6) is 1.13. The summed E-state index contributed by atoms with van der Waals surface area (Å²) < 4.78 is 16.5. The van der Waals surface area contributed by atoms with Crippen LogP contribution in [-0.2, 0) is 0 Å². The molecular formula is C24H27N3O6. The van der Waals surface area contributed by atoms with Crippen LogP contribution in [0.1, 0.15) is 38.8 Å². The summed E-state index contributed by atoms with van der Waals surface area (Å²) in [6.45, 7) is 3.65. The number of ether oxygens (including phenoxy) is 3. The fourth-order valence-electron chi connectivity index (χ4n) is 4.49. The molecule has 9 heteroatoms. The highest BCUT2D eigenvalue weighted by Gasteiger charge is 2.43. The molecule has 1 atom stereocenters. The first kappa shape index (κ1) is 22.5. The zero-order valence-corrected chi connectivity index (χ0v) is 19.2. The van der Waals surface area contributed by atoms with Crippen LogP contribution < -0.4 is 14.2 Å². The average Bonchev–Trinajstić information content (AvgIpc) is 3.34. The molecule has 2 heterocycles. The molecule has 33 heavy (non-hydrogen) atoms. The second kappa shape index (κ2) is 8.67. The van der Waals surface area contributed by atoms with E-state index in [-0.39, 0.29) is 24.8 Å². The van der Waals surface area contributed by atoms with Crippen molar-refractivity contribution in [1.82, 2.24) is 15.1 Å². The van der Waals surface area contributed by atoms with E-state index in [0.717, 1.165) is 5.56 Å². The van der Waals surface area contributed by atoms with Crippen LogP contribution in [0.5, 0.6) is 23.0 Å². The number of benzene rings is 2. The van der Waals surface area contributed by atoms with Crippen molar-refractivity contribution in [3.8, 4) is 34.3 Å². The molecule has 0 unspecified atom stereocenters. The zero-order valence-electron chi connectivity index (χ0n) is 19.2. The maximum absolute atomic E-state index is 13.3. The lowest BCUT2D eigenvalue weighted by Crippen LogP contribution is -2.32. The Hall–Kier alpha value is -3.72. The van der Waals surface area contributed by atoms with Gasteiger partial charge in [-0.05, 0) is 48.7 Å². The normalized spacial score (nSPS) is 15.0. The van der Waals surface area contributed by atoms with Crippen molar-refractivity contribution in [1.29, 1.82) is 0 Å². The van der Waals surface area contributed by atoms with Gasteiger partial charge in [0.25, 0.3) is 5.91 Å². The molecule has 1 aliphatic rings. The summed E-state index contributed by atoms with van der Waals surface area (Å²) in [7, 11) is 4.57. The SMILES string of the molecule is COc1cc([C@H]2c3c(-c4cc(C)cc(C)c4O)n[nH]c3C(=O)N2CCO)cc(OC)c1OC. The van der Waals surface area contributed by atoms with E-state index in [4.69, 9.17) is 14.2 Å². The fourth-order valence-corrected chi connectivity index (χ4v) is 4.49. The highest BCUT2D eigenvalue weighted by molar-refractivity contribution is 6.00. The Morgan fingerprint density at radius 1 is 1.06 bits per heavy atom. The number of nitrogens with one attached hydrogen (secondary N) is 1. The summed E-state index contributed by atoms with van der Waals surface area (Å²) in [5.41, 5.74) is 4.29. The summed E-state index contributed by atoms with van der Waals surface area (Å²) in [6.07, 6.45) is 0. The summed E-state index contributed by atoms with van der Waals surface area (Å²) in [5, 5.41) is 27.7. The van der Waals surface area contributed by atoms with Crippen LogP contribution in [0.25, 0.3) is 11.3 Å². The standard InChI is InChI=1S/C24H27N3O6/c1-12-8-13(2)22(29)15(9-12)19-18-20(26-25-19)24(30)27(6-7-28)21(18)14-10-16(31-3)23(33-5)17(11-14)32-4/h8-11,21,28-29H,6-7H2,1-5H3,(H,25,26)/t21-/m0/s1. The minimum Gasteiger partial charge on any atom is -0.507 e. The number of aromatic nitrogens is 2. The van der Waals surface area contributed by atoms with Crippen LogP contribution >= 0.6 is 0 Å². The molecule has 3 N–H and O–H groups in total. The van der Waals surface area contributed by atoms with Gasteiger partial charge in [-0.3, -0.25) is 9.89 Å². The number of amides is 1. The van der Waals surface area contributed by atoms with E-state index < -0.39 is 6.04 Å². The molecule has 0 saturated heterocycles. The van der Waals surface area contributed by atoms with Gasteiger partial charge in [-0.1, -0.05) is 6.07 Å². The smallest absolute Gasteiger partial charge is 0.273 e. The van der Waals surface area contributed by atoms with Crippen LogP contribution in [0, 0.1) is 13.8 Å². The number of carbonyl (C=O) groups is 1. The first-order valence-corrected chi connectivity index (χ1v) is 10.5. The number of fused-ring (bicyclic) bond motifs is 1. The van der Waals surface area contributed by atoms with Gasteiger partial charge in [-0.2, -0.15) is 5.10 Å². The Balaban J connectivity index is 1.98. The molecule has 3 aromatic rings. The van der Waals surface area contributed by atoms with Crippen molar-refractivity contribution < 1.29 is 29.2 Å². The number of aliphatic hydroxyl groups excluding tert-OH is 1. The third-order valence-corrected chi connectivity index (χ3v) is 5.91. The Labute approximate surface area is 191 Å². The molecule has 0 bridgehead atoms. The number of methoxy groups -OCH3 is 3. The second-order valence-corrected chi connectivity index (χ2v) is 7.92. The molecule has 9 nitrogen and oxygen atoms in total. The number of hydrogen-bond donors (Lipinski definition) is 3. The molecule has 0 fully saturated rings. The quantitative estimate of drug-likeness (QED) is 0.503. The number of carbonyl (C=O) groups excluding carboxylic acids is 1. The van der Waals surface area contributed by atoms with Crippen molar-refractivity contribution in [2.24, 2.45) is 0 Å². The molecule has 1 aliphatic heterocycles. The van der Waals surface area contributed by atoms with Crippen molar-refractivity contribution in [2.75, 3.05) is 34.5 Å². The van der Waals surface area contributed by atoms with Crippen molar-refractivity contribution in [3.63, 3.8) is 0 Å². The Morgan fingerprint density at radius 2 is 1.73 bits per heavy atom. The lowest BCUT2D eigenvalue weighted by molar-refractivity contribution is 0.0706. The number of H-pyrrole nitrogens is 1. The lowest BCUT2D eigenvalue weighted by Gasteiger charge is -2.27. The number of aliphatic hydroxyl groups is 1. The van der Waals surface area contributed by atoms with Gasteiger partial charge >= 0.3 is 0 Å². The topological polar surface area (TPSA) is 117 Å². The van der Waals surface area contributed by atoms with Crippen LogP contribution in [0.3, 0.4) is 0 Å². The summed E-state index contributed by atoms with van der Waals surface area (Å²) in [6, 6.07) is 6.67. The minimum absolute atomic E-state index is 0.103. The van der Waals surface area contributed by atoms with Crippen LogP contribution in [0.15, 0.2) is 24.3 Å². The number of rotatable bonds is 7. The zero-order chi connectivity index (χ0) is 23.9. The van der Waals surface area contributed by atoms with E-state index in [1.54, 1.807) is 17.0 Å². The molecule has 2 aromatic carbocycles. The fraction of sp³-hybridized carbons (Fsp3) is 0.333. The molecule has 0 saturated carbocycles. The van der Waals surface area contributed by atoms with Gasteiger partial charge in [0.1, 0.15) is 17.1 Å². The van der Waals surface area contributed by atoms with Crippen molar-refractivity contribution in [3.05, 3.63) is 52.2 Å². The predicted octanol–water partition coefficient (Wildman–Crippen LogP) is 2.96. The van der Waals surface area contributed by atoms with Gasteiger partial charge in [-0.15, -0.1) is 0 Å². The third kappa shape index (κ3) is 3.54. The number of aromatic hydroxyl groups is 1. The number of aromatic amines is 1. The number of aryl methyl sites for hydroxylation is 2. The van der Waals surface area contributed by atoms with Crippen LogP contribution in [0.4, 0.5) is 0 Å². The molecule has 0 aliphatic carbocycles. The predicted molar refractivity (Wildman–Crippen MR) is 121 cm³/mol. The molecule has 174 valence electrons. The van der Waals surface area contributed by atoms with Crippen LogP contribution in [-0.4, -0.2) is 65.7 Å². The van der Waals surface area contributed by atoms with Gasteiger partial charge in [0.2, 0.25) is 5.75 Å². The number of phenolic OH excluding ortho intramolecular Hbond substituents is 1. The van der Waals surface area contributed by atoms with Gasteiger partial charge < -0.3 is 29.3 Å². The molecule has 4 rings (SSSR count). The summed E-state index contributed by atoms with van der Waals surface area (Å²) in [4.78, 5) is 14.8. The van der Waals surface area contributed by atoms with E-state index in [1.807, 2.05) is 26.0 Å². The van der Waals surface area contributed by atoms with Gasteiger partial charge in [-0.25, -0.2) is 0 Å². The number of hydrogen-bond acceptors (Lipinski definition) is 7. The number of phenols is 1. The average molecular weight is 453 g/mol. The largest absolute Gasteiger partial charge is 0.507 e. The van der Waals surface area contributed by atoms with Crippen molar-refractivity contribution >= 4 is 5.91 Å². The molecule has 0 radical (unpaired) electrons. The highest BCUT2D eigenvalue weighted by Crippen LogP contribution is 2.48. The van der Waals surface area contributed by atoms with Gasteiger partial charge in [0, 0.05) is 17.7 Å². The molecule has 1 amide bonds. The first-order chi connectivity index (χ1) is 15.9. The number of β-amino-alcohol motifs (C(OH)–C–C–N with tert-alkyl or cyclic N) is 1. The van der Waals surface area contributed by atoms with Crippen LogP contribution in [0.2, 0.25) is 0 Å². The van der Waals surface area contributed by atoms with E-state index in [2.05, 4.69) is 10.2 Å². The monoisotopic (exact) mass is 453 g/mol. The Kier molecular flexibility index (Phi) is 5.90. The van der Waals surface area contributed by atoms with E-state index in [0.29, 0.717) is 50.9 Å². The number of nitrogens with zero attached hydrogens (tertiary/aromatic N) is 2. The maximum atomic E-state index is 13.3. The Bertz CT molecular complexity index is 1190. The first-order valence-electron chi connectivity index (χ1n) is 10.5. The Morgan fingerprint density at radius 3 is 2.30 bits per heavy atom. The van der Waals surface area contributed by atoms with Crippen molar-refractivity contribution in [2.45, 2.75) is 19.9 Å². The lowest BCUT2D eigenvalue weighted by atomic mass is 9.93. The van der Waals surface area contributed by atoms with E-state index in [1.165, 1.54) is 21.3 Å². The second-order valence-electron chi connectivity index (χ2n) is 7.92. The molecule has 0 spiro atoms. The molecular weight excluding hydrogens is 426 g/mol. The third-order valence-electron chi connectivity index (χ3n) is 5.91. The molecule has 1 aromatic heterocycles. The van der Waals surface area contributed by atoms with Gasteiger partial charge in [0.05, 0.1) is 34.0 Å². The van der Waals surface area contributed by atoms with Gasteiger partial charge in [0.15, 0.2) is 11.5 Å². The maximum Gasteiger partial charge on any atom is 0.273 e. The minimum atomic E-state index is -0.595. The van der Waals surface area contributed by atoms with E-state index in [9.17, 15) is 15.0 Å². The highest BCUT2D eigenvalue weighted by atomic mass is 16.5.